The lowest BCUT2D eigenvalue weighted by molar-refractivity contribution is -0.124. The average Bonchev–Trinajstić information content (AvgIpc) is 2.69. The van der Waals surface area contributed by atoms with E-state index in [1.54, 1.807) is 42.5 Å². The summed E-state index contributed by atoms with van der Waals surface area (Å²) in [6, 6.07) is 13.5. The number of para-hydroxylation sites is 1. The number of benzene rings is 2. The molecule has 6 heteroatoms. The van der Waals surface area contributed by atoms with Gasteiger partial charge in [-0.1, -0.05) is 38.1 Å². The SMILES string of the molecule is CCCNC(=O)C(CC)n1c(=O)n(-c2cccc(C)c2)c(=O)c2ccccc21. The Balaban J connectivity index is 2.35. The summed E-state index contributed by atoms with van der Waals surface area (Å²) in [4.78, 5) is 39.3. The standard InChI is InChI=1S/C22H25N3O3/c1-4-13-23-20(26)18(5-2)25-19-12-7-6-11-17(19)21(27)24(22(25)28)16-10-8-9-15(3)14-16/h6-12,14,18H,4-5,13H2,1-3H3,(H,23,26). The van der Waals surface area contributed by atoms with E-state index in [1.165, 1.54) is 4.57 Å². The zero-order valence-electron chi connectivity index (χ0n) is 16.4. The number of nitrogens with zero attached hydrogens (tertiary/aromatic N) is 2. The molecule has 1 heterocycles. The molecule has 0 saturated carbocycles. The largest absolute Gasteiger partial charge is 0.354 e. The zero-order valence-corrected chi connectivity index (χ0v) is 16.4. The van der Waals surface area contributed by atoms with E-state index in [9.17, 15) is 14.4 Å². The van der Waals surface area contributed by atoms with Gasteiger partial charge in [0.05, 0.1) is 16.6 Å². The molecule has 3 aromatic rings. The number of aryl methyl sites for hydroxylation is 1. The van der Waals surface area contributed by atoms with Gasteiger partial charge in [0, 0.05) is 6.54 Å². The van der Waals surface area contributed by atoms with Crippen LogP contribution in [0, 0.1) is 6.92 Å². The van der Waals surface area contributed by atoms with Crippen LogP contribution in [0.3, 0.4) is 0 Å². The molecule has 3 rings (SSSR count). The van der Waals surface area contributed by atoms with E-state index in [-0.39, 0.29) is 11.5 Å². The predicted octanol–water partition coefficient (Wildman–Crippen LogP) is 2.94. The monoisotopic (exact) mass is 379 g/mol. The lowest BCUT2D eigenvalue weighted by Crippen LogP contribution is -2.44. The molecule has 0 bridgehead atoms. The second-order valence-corrected chi connectivity index (χ2v) is 6.86. The summed E-state index contributed by atoms with van der Waals surface area (Å²) in [5.74, 6) is -0.217. The van der Waals surface area contributed by atoms with Crippen LogP contribution in [0.1, 0.15) is 38.3 Å². The molecule has 2 aromatic carbocycles. The van der Waals surface area contributed by atoms with Gasteiger partial charge in [0.1, 0.15) is 6.04 Å². The minimum atomic E-state index is -0.694. The highest BCUT2D eigenvalue weighted by atomic mass is 16.2. The van der Waals surface area contributed by atoms with Gasteiger partial charge in [-0.2, -0.15) is 0 Å². The van der Waals surface area contributed by atoms with Gasteiger partial charge in [0.2, 0.25) is 5.91 Å². The molecule has 0 aliphatic carbocycles. The van der Waals surface area contributed by atoms with Gasteiger partial charge in [-0.15, -0.1) is 0 Å². The van der Waals surface area contributed by atoms with Crippen LogP contribution in [-0.2, 0) is 4.79 Å². The average molecular weight is 379 g/mol. The molecule has 1 aromatic heterocycles. The highest BCUT2D eigenvalue weighted by Crippen LogP contribution is 2.18. The molecule has 0 aliphatic rings. The van der Waals surface area contributed by atoms with Crippen LogP contribution in [-0.4, -0.2) is 21.6 Å². The minimum absolute atomic E-state index is 0.217. The fraction of sp³-hybridized carbons (Fsp3) is 0.318. The maximum absolute atomic E-state index is 13.4. The molecule has 0 radical (unpaired) electrons. The van der Waals surface area contributed by atoms with Crippen LogP contribution >= 0.6 is 0 Å². The summed E-state index contributed by atoms with van der Waals surface area (Å²) in [6.07, 6.45) is 1.24. The third-order valence-corrected chi connectivity index (χ3v) is 4.80. The molecule has 0 spiro atoms. The Morgan fingerprint density at radius 3 is 2.50 bits per heavy atom. The van der Waals surface area contributed by atoms with Crippen molar-refractivity contribution in [2.75, 3.05) is 6.54 Å². The minimum Gasteiger partial charge on any atom is -0.354 e. The zero-order chi connectivity index (χ0) is 20.3. The molecule has 1 unspecified atom stereocenters. The number of hydrogen-bond donors (Lipinski definition) is 1. The number of aromatic nitrogens is 2. The lowest BCUT2D eigenvalue weighted by Gasteiger charge is -2.21. The Morgan fingerprint density at radius 1 is 1.07 bits per heavy atom. The molecule has 146 valence electrons. The van der Waals surface area contributed by atoms with Crippen molar-refractivity contribution < 1.29 is 4.79 Å². The molecular formula is C22H25N3O3. The molecule has 6 nitrogen and oxygen atoms in total. The van der Waals surface area contributed by atoms with Crippen molar-refractivity contribution in [2.45, 2.75) is 39.7 Å². The topological polar surface area (TPSA) is 73.1 Å². The van der Waals surface area contributed by atoms with E-state index in [1.807, 2.05) is 26.8 Å². The van der Waals surface area contributed by atoms with E-state index in [4.69, 9.17) is 0 Å². The highest BCUT2D eigenvalue weighted by Gasteiger charge is 2.24. The van der Waals surface area contributed by atoms with Crippen molar-refractivity contribution in [1.82, 2.24) is 14.5 Å². The Kier molecular flexibility index (Phi) is 5.78. The number of carbonyl (C=O) groups excluding carboxylic acids is 1. The first-order valence-electron chi connectivity index (χ1n) is 9.60. The van der Waals surface area contributed by atoms with E-state index < -0.39 is 11.7 Å². The normalized spacial score (nSPS) is 12.1. The van der Waals surface area contributed by atoms with E-state index in [0.717, 1.165) is 16.6 Å². The van der Waals surface area contributed by atoms with Crippen LogP contribution in [0.2, 0.25) is 0 Å². The van der Waals surface area contributed by atoms with Crippen molar-refractivity contribution in [3.63, 3.8) is 0 Å². The maximum atomic E-state index is 13.4. The van der Waals surface area contributed by atoms with Crippen LogP contribution in [0.25, 0.3) is 16.6 Å². The van der Waals surface area contributed by atoms with Crippen molar-refractivity contribution in [3.05, 3.63) is 74.9 Å². The lowest BCUT2D eigenvalue weighted by atomic mass is 10.1. The summed E-state index contributed by atoms with van der Waals surface area (Å²) in [7, 11) is 0. The summed E-state index contributed by atoms with van der Waals surface area (Å²) in [5, 5.41) is 3.28. The van der Waals surface area contributed by atoms with E-state index in [2.05, 4.69) is 5.32 Å². The van der Waals surface area contributed by atoms with Crippen LogP contribution < -0.4 is 16.6 Å². The summed E-state index contributed by atoms with van der Waals surface area (Å²) >= 11 is 0. The summed E-state index contributed by atoms with van der Waals surface area (Å²) in [5.41, 5.74) is 1.02. The fourth-order valence-electron chi connectivity index (χ4n) is 3.43. The van der Waals surface area contributed by atoms with Gasteiger partial charge in [-0.05, 0) is 49.6 Å². The number of nitrogens with one attached hydrogen (secondary N) is 1. The predicted molar refractivity (Wildman–Crippen MR) is 111 cm³/mol. The van der Waals surface area contributed by atoms with E-state index in [0.29, 0.717) is 29.6 Å². The van der Waals surface area contributed by atoms with Gasteiger partial charge in [0.25, 0.3) is 5.56 Å². The molecular weight excluding hydrogens is 354 g/mol. The van der Waals surface area contributed by atoms with Crippen LogP contribution in [0.4, 0.5) is 0 Å². The summed E-state index contributed by atoms with van der Waals surface area (Å²) < 4.78 is 2.61. The number of carbonyl (C=O) groups is 1. The van der Waals surface area contributed by atoms with Crippen molar-refractivity contribution in [2.24, 2.45) is 0 Å². The first kappa shape index (κ1) is 19.6. The quantitative estimate of drug-likeness (QED) is 0.716. The first-order chi connectivity index (χ1) is 13.5. The van der Waals surface area contributed by atoms with Gasteiger partial charge < -0.3 is 5.32 Å². The Morgan fingerprint density at radius 2 is 1.82 bits per heavy atom. The van der Waals surface area contributed by atoms with Crippen LogP contribution in [0.15, 0.2) is 58.1 Å². The molecule has 0 aliphatic heterocycles. The van der Waals surface area contributed by atoms with Crippen LogP contribution in [0.5, 0.6) is 0 Å². The first-order valence-corrected chi connectivity index (χ1v) is 9.60. The number of fused-ring (bicyclic) bond motifs is 1. The fourth-order valence-corrected chi connectivity index (χ4v) is 3.43. The van der Waals surface area contributed by atoms with Gasteiger partial charge >= 0.3 is 5.69 Å². The van der Waals surface area contributed by atoms with Crippen molar-refractivity contribution in [3.8, 4) is 5.69 Å². The number of hydrogen-bond acceptors (Lipinski definition) is 3. The molecule has 0 fully saturated rings. The Hall–Kier alpha value is -3.15. The smallest absolute Gasteiger partial charge is 0.336 e. The number of amides is 1. The molecule has 0 saturated heterocycles. The molecule has 28 heavy (non-hydrogen) atoms. The van der Waals surface area contributed by atoms with Crippen molar-refractivity contribution >= 4 is 16.8 Å². The molecule has 1 atom stereocenters. The third kappa shape index (κ3) is 3.50. The summed E-state index contributed by atoms with van der Waals surface area (Å²) in [6.45, 7) is 6.28. The van der Waals surface area contributed by atoms with E-state index >= 15 is 0 Å². The number of rotatable bonds is 6. The van der Waals surface area contributed by atoms with Gasteiger partial charge in [0.15, 0.2) is 0 Å². The maximum Gasteiger partial charge on any atom is 0.336 e. The molecule has 1 N–H and O–H groups in total. The molecule has 1 amide bonds. The highest BCUT2D eigenvalue weighted by molar-refractivity contribution is 5.84. The Labute approximate surface area is 163 Å². The second kappa shape index (κ2) is 8.25. The van der Waals surface area contributed by atoms with Gasteiger partial charge in [-0.25, -0.2) is 9.36 Å². The second-order valence-electron chi connectivity index (χ2n) is 6.86. The third-order valence-electron chi connectivity index (χ3n) is 4.80. The van der Waals surface area contributed by atoms with Gasteiger partial charge in [-0.3, -0.25) is 14.2 Å². The van der Waals surface area contributed by atoms with Crippen molar-refractivity contribution in [1.29, 1.82) is 0 Å². The Bertz CT molecular complexity index is 1130.